The number of hydrogen-bond donors (Lipinski definition) is 2. The van der Waals surface area contributed by atoms with Crippen molar-refractivity contribution in [3.8, 4) is 5.69 Å². The zero-order valence-electron chi connectivity index (χ0n) is 20.2. The van der Waals surface area contributed by atoms with Gasteiger partial charge in [-0.05, 0) is 48.8 Å². The molecular formula is C25H28BrN5O4S. The third kappa shape index (κ3) is 5.10. The van der Waals surface area contributed by atoms with E-state index >= 15 is 0 Å². The average molecular weight is 575 g/mol. The van der Waals surface area contributed by atoms with Gasteiger partial charge in [0.25, 0.3) is 0 Å². The lowest BCUT2D eigenvalue weighted by Gasteiger charge is -2.37. The molecule has 2 aromatic carbocycles. The highest BCUT2D eigenvalue weighted by Gasteiger charge is 2.37. The number of aromatic nitrogens is 4. The Morgan fingerprint density at radius 1 is 1.25 bits per heavy atom. The number of nitrogens with two attached hydrogens (primary N) is 1. The van der Waals surface area contributed by atoms with Crippen LogP contribution in [0.2, 0.25) is 0 Å². The minimum absolute atomic E-state index is 0.0136. The number of aliphatic hydroxyl groups is 1. The van der Waals surface area contributed by atoms with Gasteiger partial charge in [-0.25, -0.2) is 14.6 Å². The van der Waals surface area contributed by atoms with Gasteiger partial charge in [0.15, 0.2) is 12.1 Å². The van der Waals surface area contributed by atoms with E-state index in [9.17, 15) is 5.11 Å². The van der Waals surface area contributed by atoms with Crippen LogP contribution >= 0.6 is 27.3 Å². The number of nitrogens with zero attached hydrogens (tertiary/aromatic N) is 4. The van der Waals surface area contributed by atoms with Gasteiger partial charge in [-0.2, -0.15) is 5.10 Å². The number of halogens is 1. The van der Waals surface area contributed by atoms with Crippen LogP contribution in [0.15, 0.2) is 46.9 Å². The lowest BCUT2D eigenvalue weighted by atomic mass is 10.1. The molecule has 5 rings (SSSR count). The van der Waals surface area contributed by atoms with E-state index in [-0.39, 0.29) is 19.3 Å². The fourth-order valence-electron chi connectivity index (χ4n) is 4.22. The number of rotatable bonds is 7. The van der Waals surface area contributed by atoms with Crippen molar-refractivity contribution in [3.63, 3.8) is 0 Å². The number of fused-ring (bicyclic) bond motifs is 1. The molecule has 5 atom stereocenters. The second-order valence-electron chi connectivity index (χ2n) is 8.75. The van der Waals surface area contributed by atoms with Crippen molar-refractivity contribution < 1.29 is 19.3 Å². The lowest BCUT2D eigenvalue weighted by molar-refractivity contribution is -0.274. The van der Waals surface area contributed by atoms with Crippen molar-refractivity contribution in [3.05, 3.63) is 69.2 Å². The van der Waals surface area contributed by atoms with Crippen molar-refractivity contribution >= 4 is 37.5 Å². The first kappa shape index (κ1) is 25.4. The van der Waals surface area contributed by atoms with Crippen molar-refractivity contribution in [1.82, 2.24) is 19.7 Å². The SMILES string of the molecule is Cc1nc(C(OC2COC(c3ccccc3)OC2C)C(O)CN)n(-c2cc3sc(C)nc3cc2Br)n1. The van der Waals surface area contributed by atoms with Crippen LogP contribution in [0.4, 0.5) is 0 Å². The molecule has 1 aliphatic rings. The zero-order valence-corrected chi connectivity index (χ0v) is 22.6. The van der Waals surface area contributed by atoms with Gasteiger partial charge in [-0.1, -0.05) is 30.3 Å². The van der Waals surface area contributed by atoms with Gasteiger partial charge in [0, 0.05) is 16.6 Å². The quantitative estimate of drug-likeness (QED) is 0.338. The first-order valence-electron chi connectivity index (χ1n) is 11.7. The molecular weight excluding hydrogens is 546 g/mol. The standard InChI is InChI=1S/C25H28BrN5O4S/c1-13-21(12-33-25(34-13)16-7-5-4-6-8-16)35-23(20(32)11-27)24-28-14(2)30-31(24)19-10-22-18(9-17(19)26)29-15(3)36-22/h4-10,13,20-21,23,25,32H,11-12,27H2,1-3H3. The second-order valence-corrected chi connectivity index (χ2v) is 10.8. The highest BCUT2D eigenvalue weighted by molar-refractivity contribution is 9.10. The van der Waals surface area contributed by atoms with Crippen LogP contribution < -0.4 is 5.73 Å². The van der Waals surface area contributed by atoms with E-state index in [4.69, 9.17) is 19.9 Å². The summed E-state index contributed by atoms with van der Waals surface area (Å²) in [5, 5.41) is 16.5. The summed E-state index contributed by atoms with van der Waals surface area (Å²) >= 11 is 5.26. The summed E-state index contributed by atoms with van der Waals surface area (Å²) in [6.07, 6.45) is -3.08. The molecule has 2 aromatic heterocycles. The number of ether oxygens (including phenoxy) is 3. The normalized spacial score (nSPS) is 22.1. The molecule has 0 radical (unpaired) electrons. The Morgan fingerprint density at radius 2 is 2.03 bits per heavy atom. The van der Waals surface area contributed by atoms with Crippen molar-refractivity contribution in [2.45, 2.75) is 51.5 Å². The minimum Gasteiger partial charge on any atom is -0.389 e. The summed E-state index contributed by atoms with van der Waals surface area (Å²) in [4.78, 5) is 9.19. The Bertz CT molecular complexity index is 1350. The molecule has 4 aromatic rings. The van der Waals surface area contributed by atoms with Gasteiger partial charge in [-0.15, -0.1) is 11.3 Å². The zero-order chi connectivity index (χ0) is 25.4. The third-order valence-electron chi connectivity index (χ3n) is 6.04. The van der Waals surface area contributed by atoms with Crippen LogP contribution in [0, 0.1) is 13.8 Å². The van der Waals surface area contributed by atoms with Gasteiger partial charge in [0.05, 0.1) is 39.7 Å². The fraction of sp³-hybridized carbons (Fsp3) is 0.400. The molecule has 0 amide bonds. The Labute approximate surface area is 221 Å². The van der Waals surface area contributed by atoms with Crippen LogP contribution in [0.3, 0.4) is 0 Å². The molecule has 1 fully saturated rings. The first-order valence-corrected chi connectivity index (χ1v) is 13.3. The van der Waals surface area contributed by atoms with E-state index in [0.29, 0.717) is 11.6 Å². The molecule has 0 spiro atoms. The fourth-order valence-corrected chi connectivity index (χ4v) is 5.56. The molecule has 0 aliphatic carbocycles. The average Bonchev–Trinajstić information content (AvgIpc) is 3.43. The summed E-state index contributed by atoms with van der Waals surface area (Å²) < 4.78 is 22.0. The predicted octanol–water partition coefficient (Wildman–Crippen LogP) is 4.14. The van der Waals surface area contributed by atoms with Crippen LogP contribution in [0.1, 0.15) is 41.5 Å². The summed E-state index contributed by atoms with van der Waals surface area (Å²) in [5.74, 6) is 0.993. The topological polar surface area (TPSA) is 118 Å². The molecule has 36 heavy (non-hydrogen) atoms. The van der Waals surface area contributed by atoms with E-state index in [0.717, 1.165) is 30.9 Å². The molecule has 5 unspecified atom stereocenters. The smallest absolute Gasteiger partial charge is 0.184 e. The number of thiazole rings is 1. The molecule has 11 heteroatoms. The molecule has 3 heterocycles. The largest absolute Gasteiger partial charge is 0.389 e. The van der Waals surface area contributed by atoms with Gasteiger partial charge in [0.1, 0.15) is 18.0 Å². The number of benzene rings is 2. The summed E-state index contributed by atoms with van der Waals surface area (Å²) in [6.45, 7) is 5.98. The first-order chi connectivity index (χ1) is 17.3. The summed E-state index contributed by atoms with van der Waals surface area (Å²) in [7, 11) is 0. The van der Waals surface area contributed by atoms with E-state index in [1.54, 1.807) is 22.9 Å². The molecule has 3 N–H and O–H groups in total. The Kier molecular flexibility index (Phi) is 7.49. The van der Waals surface area contributed by atoms with Crippen LogP contribution in [0.25, 0.3) is 15.9 Å². The minimum atomic E-state index is -1.01. The number of hydrogen-bond acceptors (Lipinski definition) is 9. The van der Waals surface area contributed by atoms with E-state index in [2.05, 4.69) is 31.0 Å². The van der Waals surface area contributed by atoms with E-state index in [1.807, 2.05) is 56.3 Å². The Morgan fingerprint density at radius 3 is 2.75 bits per heavy atom. The van der Waals surface area contributed by atoms with Crippen LogP contribution in [-0.2, 0) is 14.2 Å². The second kappa shape index (κ2) is 10.6. The van der Waals surface area contributed by atoms with E-state index < -0.39 is 24.6 Å². The summed E-state index contributed by atoms with van der Waals surface area (Å²) in [6, 6.07) is 13.7. The van der Waals surface area contributed by atoms with Crippen LogP contribution in [-0.4, -0.2) is 56.3 Å². The molecule has 1 aliphatic heterocycles. The third-order valence-corrected chi connectivity index (χ3v) is 7.61. The number of aryl methyl sites for hydroxylation is 2. The Hall–Kier alpha value is -2.25. The monoisotopic (exact) mass is 573 g/mol. The maximum absolute atomic E-state index is 10.9. The lowest BCUT2D eigenvalue weighted by Crippen LogP contribution is -2.44. The highest BCUT2D eigenvalue weighted by Crippen LogP contribution is 2.35. The van der Waals surface area contributed by atoms with E-state index in [1.165, 1.54) is 0 Å². The van der Waals surface area contributed by atoms with Crippen molar-refractivity contribution in [2.75, 3.05) is 13.2 Å². The summed E-state index contributed by atoms with van der Waals surface area (Å²) in [5.41, 5.74) is 8.50. The molecule has 190 valence electrons. The maximum atomic E-state index is 10.9. The van der Waals surface area contributed by atoms with Gasteiger partial charge in [0.2, 0.25) is 0 Å². The highest BCUT2D eigenvalue weighted by atomic mass is 79.9. The van der Waals surface area contributed by atoms with Gasteiger partial charge >= 0.3 is 0 Å². The van der Waals surface area contributed by atoms with Crippen molar-refractivity contribution in [2.24, 2.45) is 5.73 Å². The van der Waals surface area contributed by atoms with Gasteiger partial charge in [-0.3, -0.25) is 0 Å². The molecule has 1 saturated heterocycles. The number of aliphatic hydroxyl groups excluding tert-OH is 1. The van der Waals surface area contributed by atoms with Crippen molar-refractivity contribution in [1.29, 1.82) is 0 Å². The Balaban J connectivity index is 1.44. The molecule has 0 bridgehead atoms. The molecule has 9 nitrogen and oxygen atoms in total. The van der Waals surface area contributed by atoms with Gasteiger partial charge < -0.3 is 25.1 Å². The maximum Gasteiger partial charge on any atom is 0.184 e. The molecule has 0 saturated carbocycles. The van der Waals surface area contributed by atoms with Crippen LogP contribution in [0.5, 0.6) is 0 Å². The predicted molar refractivity (Wildman–Crippen MR) is 140 cm³/mol.